The molecule has 4 rings (SSSR count). The van der Waals surface area contributed by atoms with E-state index in [0.29, 0.717) is 26.4 Å². The molecule has 0 saturated heterocycles. The predicted octanol–water partition coefficient (Wildman–Crippen LogP) is 4.04. The maximum atomic E-state index is 13.4. The minimum atomic E-state index is -0.658. The topological polar surface area (TPSA) is 73.1 Å². The summed E-state index contributed by atoms with van der Waals surface area (Å²) in [5.41, 5.74) is 0.449. The summed E-state index contributed by atoms with van der Waals surface area (Å²) in [6.07, 6.45) is 0. The summed E-state index contributed by atoms with van der Waals surface area (Å²) in [7, 11) is 0. The number of nitrogens with zero attached hydrogens (tertiary/aromatic N) is 2. The third-order valence-electron chi connectivity index (χ3n) is 4.92. The zero-order valence-electron chi connectivity index (χ0n) is 16.5. The third-order valence-corrected chi connectivity index (χ3v) is 6.53. The van der Waals surface area contributed by atoms with Gasteiger partial charge in [0, 0.05) is 16.6 Å². The van der Waals surface area contributed by atoms with Crippen molar-refractivity contribution in [3.63, 3.8) is 0 Å². The van der Waals surface area contributed by atoms with Crippen molar-refractivity contribution >= 4 is 50.7 Å². The van der Waals surface area contributed by atoms with Crippen molar-refractivity contribution < 1.29 is 9.18 Å². The summed E-state index contributed by atoms with van der Waals surface area (Å²) in [5, 5.41) is 5.03. The highest BCUT2D eigenvalue weighted by atomic mass is 35.5. The molecule has 6 nitrogen and oxygen atoms in total. The molecule has 0 spiro atoms. The van der Waals surface area contributed by atoms with E-state index in [-0.39, 0.29) is 18.1 Å². The van der Waals surface area contributed by atoms with E-state index in [1.54, 1.807) is 35.7 Å². The van der Waals surface area contributed by atoms with Crippen LogP contribution in [0.4, 0.5) is 4.39 Å². The van der Waals surface area contributed by atoms with Gasteiger partial charge >= 0.3 is 5.69 Å². The van der Waals surface area contributed by atoms with Crippen molar-refractivity contribution in [3.05, 3.63) is 102 Å². The zero-order chi connectivity index (χ0) is 22.8. The second-order valence-corrected chi connectivity index (χ2v) is 8.73. The van der Waals surface area contributed by atoms with Crippen LogP contribution in [0.15, 0.2) is 63.5 Å². The van der Waals surface area contributed by atoms with Crippen LogP contribution in [0.2, 0.25) is 10.0 Å². The fraction of sp³-hybridized carbons (Fsp3) is 0.136. The number of rotatable bonds is 6. The molecule has 1 N–H and O–H groups in total. The van der Waals surface area contributed by atoms with Gasteiger partial charge in [0.05, 0.1) is 12.1 Å². The zero-order valence-corrected chi connectivity index (χ0v) is 18.8. The molecule has 0 aliphatic rings. The van der Waals surface area contributed by atoms with Crippen molar-refractivity contribution in [3.8, 4) is 0 Å². The second-order valence-electron chi connectivity index (χ2n) is 7.00. The molecule has 0 bridgehead atoms. The maximum Gasteiger partial charge on any atom is 0.332 e. The Hall–Kier alpha value is -2.94. The van der Waals surface area contributed by atoms with Crippen LogP contribution in [0, 0.1) is 5.82 Å². The molecule has 32 heavy (non-hydrogen) atoms. The Kier molecular flexibility index (Phi) is 6.45. The van der Waals surface area contributed by atoms with Crippen LogP contribution in [0.5, 0.6) is 0 Å². The Labute approximate surface area is 195 Å². The van der Waals surface area contributed by atoms with Crippen LogP contribution in [0.25, 0.3) is 10.2 Å². The van der Waals surface area contributed by atoms with Crippen LogP contribution >= 0.6 is 34.5 Å². The molecule has 10 heteroatoms. The molecular formula is C22H16Cl2FN3O3S. The minimum absolute atomic E-state index is 0.0205. The van der Waals surface area contributed by atoms with Gasteiger partial charge in [-0.1, -0.05) is 47.5 Å². The van der Waals surface area contributed by atoms with Gasteiger partial charge in [0.2, 0.25) is 5.91 Å². The molecule has 0 aliphatic heterocycles. The van der Waals surface area contributed by atoms with Gasteiger partial charge in [0.15, 0.2) is 0 Å². The van der Waals surface area contributed by atoms with Gasteiger partial charge in [-0.15, -0.1) is 11.3 Å². The standard InChI is InChI=1S/C22H16Cl2FN3O3S/c23-16-4-2-1-3-13(16)10-26-19(29)12-28-21(30)20-18(7-8-32-20)27(22(28)31)11-14-5-6-15(25)9-17(14)24/h1-9H,10-12H2,(H,26,29). The Morgan fingerprint density at radius 1 is 1.00 bits per heavy atom. The summed E-state index contributed by atoms with van der Waals surface area (Å²) in [4.78, 5) is 38.5. The van der Waals surface area contributed by atoms with Crippen LogP contribution < -0.4 is 16.6 Å². The van der Waals surface area contributed by atoms with Gasteiger partial charge in [-0.25, -0.2) is 13.8 Å². The number of benzene rings is 2. The van der Waals surface area contributed by atoms with E-state index in [1.165, 1.54) is 28.0 Å². The Bertz CT molecular complexity index is 1440. The van der Waals surface area contributed by atoms with Gasteiger partial charge in [0.1, 0.15) is 17.1 Å². The van der Waals surface area contributed by atoms with Crippen LogP contribution in [0.3, 0.4) is 0 Å². The number of carbonyl (C=O) groups is 1. The summed E-state index contributed by atoms with van der Waals surface area (Å²) >= 11 is 13.4. The molecule has 0 aliphatic carbocycles. The van der Waals surface area contributed by atoms with Gasteiger partial charge in [-0.2, -0.15) is 0 Å². The lowest BCUT2D eigenvalue weighted by Gasteiger charge is -2.13. The van der Waals surface area contributed by atoms with Crippen molar-refractivity contribution in [2.75, 3.05) is 0 Å². The first-order valence-corrected chi connectivity index (χ1v) is 11.1. The highest BCUT2D eigenvalue weighted by Gasteiger charge is 2.17. The number of aromatic nitrogens is 2. The lowest BCUT2D eigenvalue weighted by Crippen LogP contribution is -2.43. The Balaban J connectivity index is 1.66. The first-order chi connectivity index (χ1) is 15.3. The molecule has 0 unspecified atom stereocenters. The van der Waals surface area contributed by atoms with E-state index in [4.69, 9.17) is 23.2 Å². The number of halogens is 3. The van der Waals surface area contributed by atoms with Crippen molar-refractivity contribution in [1.82, 2.24) is 14.5 Å². The molecular weight excluding hydrogens is 476 g/mol. The molecule has 2 heterocycles. The average molecular weight is 492 g/mol. The lowest BCUT2D eigenvalue weighted by atomic mass is 10.2. The summed E-state index contributed by atoms with van der Waals surface area (Å²) in [5.74, 6) is -1.00. The van der Waals surface area contributed by atoms with Crippen molar-refractivity contribution in [2.45, 2.75) is 19.6 Å². The number of nitrogens with one attached hydrogen (secondary N) is 1. The van der Waals surface area contributed by atoms with E-state index in [2.05, 4.69) is 5.32 Å². The molecule has 164 valence electrons. The van der Waals surface area contributed by atoms with Crippen molar-refractivity contribution in [1.29, 1.82) is 0 Å². The van der Waals surface area contributed by atoms with Crippen molar-refractivity contribution in [2.24, 2.45) is 0 Å². The first-order valence-electron chi connectivity index (χ1n) is 9.50. The molecule has 4 aromatic rings. The number of fused-ring (bicyclic) bond motifs is 1. The minimum Gasteiger partial charge on any atom is -0.350 e. The largest absolute Gasteiger partial charge is 0.350 e. The van der Waals surface area contributed by atoms with Gasteiger partial charge in [0.25, 0.3) is 5.56 Å². The van der Waals surface area contributed by atoms with Crippen LogP contribution in [0.1, 0.15) is 11.1 Å². The second kappa shape index (κ2) is 9.28. The van der Waals surface area contributed by atoms with E-state index >= 15 is 0 Å². The SMILES string of the molecule is O=C(Cn1c(=O)c2sccc2n(Cc2ccc(F)cc2Cl)c1=O)NCc1ccccc1Cl. The fourth-order valence-electron chi connectivity index (χ4n) is 3.28. The highest BCUT2D eigenvalue weighted by Crippen LogP contribution is 2.21. The maximum absolute atomic E-state index is 13.4. The number of amides is 1. The van der Waals surface area contributed by atoms with E-state index in [9.17, 15) is 18.8 Å². The quantitative estimate of drug-likeness (QED) is 0.442. The summed E-state index contributed by atoms with van der Waals surface area (Å²) in [6.45, 7) is -0.270. The average Bonchev–Trinajstić information content (AvgIpc) is 3.25. The first kappa shape index (κ1) is 22.3. The highest BCUT2D eigenvalue weighted by molar-refractivity contribution is 7.17. The summed E-state index contributed by atoms with van der Waals surface area (Å²) in [6, 6.07) is 12.6. The third kappa shape index (κ3) is 4.48. The number of thiophene rings is 1. The molecule has 0 saturated carbocycles. The monoisotopic (exact) mass is 491 g/mol. The molecule has 0 radical (unpaired) electrons. The van der Waals surface area contributed by atoms with Gasteiger partial charge in [-0.3, -0.25) is 14.2 Å². The normalized spacial score (nSPS) is 11.1. The molecule has 2 aromatic heterocycles. The smallest absolute Gasteiger partial charge is 0.332 e. The van der Waals surface area contributed by atoms with Crippen LogP contribution in [-0.2, 0) is 24.4 Å². The number of hydrogen-bond acceptors (Lipinski definition) is 4. The lowest BCUT2D eigenvalue weighted by molar-refractivity contribution is -0.121. The Morgan fingerprint density at radius 3 is 2.53 bits per heavy atom. The van der Waals surface area contributed by atoms with E-state index < -0.39 is 29.5 Å². The Morgan fingerprint density at radius 2 is 1.78 bits per heavy atom. The number of hydrogen-bond donors (Lipinski definition) is 1. The molecule has 0 fully saturated rings. The summed E-state index contributed by atoms with van der Waals surface area (Å²) < 4.78 is 16.0. The van der Waals surface area contributed by atoms with Gasteiger partial charge in [-0.05, 0) is 40.8 Å². The van der Waals surface area contributed by atoms with E-state index in [1.807, 2.05) is 0 Å². The van der Waals surface area contributed by atoms with Crippen LogP contribution in [-0.4, -0.2) is 15.0 Å². The molecule has 2 aromatic carbocycles. The van der Waals surface area contributed by atoms with E-state index in [0.717, 1.165) is 10.6 Å². The number of carbonyl (C=O) groups excluding carboxylic acids is 1. The van der Waals surface area contributed by atoms with Gasteiger partial charge < -0.3 is 5.32 Å². The fourth-order valence-corrected chi connectivity index (χ4v) is 4.55. The predicted molar refractivity (Wildman–Crippen MR) is 124 cm³/mol. The molecule has 0 atom stereocenters. The molecule has 1 amide bonds.